The Morgan fingerprint density at radius 1 is 1.17 bits per heavy atom. The highest BCUT2D eigenvalue weighted by molar-refractivity contribution is 9.10. The topological polar surface area (TPSA) is 141 Å². The molecule has 0 radical (unpaired) electrons. The minimum absolute atomic E-state index is 0.116. The molecule has 2 fully saturated rings. The van der Waals surface area contributed by atoms with Crippen molar-refractivity contribution in [3.05, 3.63) is 76.6 Å². The predicted octanol–water partition coefficient (Wildman–Crippen LogP) is 4.98. The number of rotatable bonds is 13. The molecule has 1 aliphatic heterocycles. The van der Waals surface area contributed by atoms with Crippen molar-refractivity contribution in [1.82, 2.24) is 29.6 Å². The highest BCUT2D eigenvalue weighted by Crippen LogP contribution is 2.59. The maximum absolute atomic E-state index is 14.6. The second kappa shape index (κ2) is 13.6. The molecule has 6 rings (SSSR count). The quantitative estimate of drug-likeness (QED) is 0.0877. The lowest BCUT2D eigenvalue weighted by molar-refractivity contribution is -0.138. The van der Waals surface area contributed by atoms with Gasteiger partial charge in [-0.2, -0.15) is 5.10 Å². The number of ketones is 1. The number of aryl methyl sites for hydroxylation is 1. The van der Waals surface area contributed by atoms with Gasteiger partial charge in [-0.1, -0.05) is 12.1 Å². The lowest BCUT2D eigenvalue weighted by atomic mass is 10.00. The minimum atomic E-state index is -0.860. The fourth-order valence-electron chi connectivity index (χ4n) is 6.65. The van der Waals surface area contributed by atoms with Crippen LogP contribution < -0.4 is 5.32 Å². The summed E-state index contributed by atoms with van der Waals surface area (Å²) in [5.74, 6) is -0.203. The fourth-order valence-corrected chi connectivity index (χ4v) is 6.96. The Balaban J connectivity index is 1.32. The van der Waals surface area contributed by atoms with E-state index in [1.54, 1.807) is 61.7 Å². The van der Waals surface area contributed by atoms with Crippen molar-refractivity contribution in [3.63, 3.8) is 0 Å². The normalized spacial score (nSPS) is 19.7. The number of halogens is 2. The number of benzene rings is 1. The van der Waals surface area contributed by atoms with Crippen molar-refractivity contribution < 1.29 is 28.2 Å². The maximum atomic E-state index is 14.6. The van der Waals surface area contributed by atoms with E-state index >= 15 is 0 Å². The fraction of sp³-hybridized carbons (Fsp3) is 0.382. The van der Waals surface area contributed by atoms with Crippen LogP contribution in [0.25, 0.3) is 22.0 Å². The molecule has 1 aliphatic carbocycles. The molecule has 2 aliphatic rings. The number of likely N-dealkylation sites (tertiary alicyclic amines) is 1. The van der Waals surface area contributed by atoms with Crippen LogP contribution in [0.2, 0.25) is 0 Å². The second-order valence-corrected chi connectivity index (χ2v) is 13.0. The summed E-state index contributed by atoms with van der Waals surface area (Å²) >= 11 is 3.37. The molecule has 3 atom stereocenters. The van der Waals surface area contributed by atoms with Gasteiger partial charge in [-0.15, -0.1) is 6.58 Å². The van der Waals surface area contributed by atoms with Crippen LogP contribution in [0.5, 0.6) is 0 Å². The molecule has 1 N–H and O–H groups in total. The van der Waals surface area contributed by atoms with Crippen LogP contribution in [-0.4, -0.2) is 79.6 Å². The average molecular weight is 721 g/mol. The number of fused-ring (bicyclic) bond motifs is 2. The third-order valence-corrected chi connectivity index (χ3v) is 9.36. The van der Waals surface area contributed by atoms with Crippen LogP contribution in [-0.2, 0) is 38.9 Å². The number of amides is 2. The molecule has 1 aromatic carbocycles. The zero-order valence-corrected chi connectivity index (χ0v) is 28.4. The Kier molecular flexibility index (Phi) is 9.50. The molecule has 2 amide bonds. The zero-order valence-electron chi connectivity index (χ0n) is 26.8. The number of carbonyl (C=O) groups excluding carboxylic acids is 3. The number of carbonyl (C=O) groups is 3. The van der Waals surface area contributed by atoms with Crippen LogP contribution in [0.1, 0.15) is 47.2 Å². The summed E-state index contributed by atoms with van der Waals surface area (Å²) in [5.41, 5.74) is 2.30. The lowest BCUT2D eigenvalue weighted by Crippen LogP contribution is -2.47. The number of piperidine rings is 1. The number of hydrogen-bond acceptors (Lipinski definition) is 9. The van der Waals surface area contributed by atoms with Crippen LogP contribution in [0.4, 0.5) is 10.2 Å². The van der Waals surface area contributed by atoms with Crippen molar-refractivity contribution in [2.45, 2.75) is 58.6 Å². The summed E-state index contributed by atoms with van der Waals surface area (Å²) in [7, 11) is 1.60. The van der Waals surface area contributed by atoms with Gasteiger partial charge in [0.15, 0.2) is 5.78 Å². The van der Waals surface area contributed by atoms with Gasteiger partial charge in [-0.05, 0) is 59.5 Å². The molecule has 250 valence electrons. The number of pyridine rings is 1. The molecule has 48 heavy (non-hydrogen) atoms. The molecule has 0 unspecified atom stereocenters. The summed E-state index contributed by atoms with van der Waals surface area (Å²) < 4.78 is 27.6. The van der Waals surface area contributed by atoms with E-state index in [1.807, 2.05) is 0 Å². The van der Waals surface area contributed by atoms with Crippen LogP contribution >= 0.6 is 15.9 Å². The molecule has 1 saturated heterocycles. The van der Waals surface area contributed by atoms with E-state index in [2.05, 4.69) is 47.9 Å². The van der Waals surface area contributed by atoms with Gasteiger partial charge >= 0.3 is 0 Å². The first-order valence-corrected chi connectivity index (χ1v) is 16.2. The van der Waals surface area contributed by atoms with E-state index in [1.165, 1.54) is 11.6 Å². The Morgan fingerprint density at radius 2 is 1.94 bits per heavy atom. The van der Waals surface area contributed by atoms with E-state index < -0.39 is 18.6 Å². The number of alkyl halides is 1. The molecule has 4 heterocycles. The summed E-state index contributed by atoms with van der Waals surface area (Å²) in [5, 5.41) is 7.84. The van der Waals surface area contributed by atoms with E-state index in [4.69, 9.17) is 9.47 Å². The number of ether oxygens (including phenoxy) is 2. The smallest absolute Gasteiger partial charge is 0.248 e. The third-order valence-electron chi connectivity index (χ3n) is 8.92. The van der Waals surface area contributed by atoms with Gasteiger partial charge in [0.05, 0.1) is 25.3 Å². The van der Waals surface area contributed by atoms with Gasteiger partial charge in [-0.25, -0.2) is 19.3 Å². The Hall–Kier alpha value is -4.40. The van der Waals surface area contributed by atoms with Crippen LogP contribution in [0, 0.1) is 12.3 Å². The van der Waals surface area contributed by atoms with Gasteiger partial charge in [-0.3, -0.25) is 19.1 Å². The standard InChI is InChI=1S/C34H35BrFN7O5/c1-5-8-48-17-21-6-7-28(35)39-32(21)40-33(46)26-11-34(18-47-4)12-27(34)43(26)29(45)16-42-31-23(13-36)9-22(24-14-37-20(3)38-15-24)10-25(31)30(41-42)19(2)44/h5-7,9-10,14-15,26-27H,1,8,11-13,16-18H2,2-4H3,(H,39,40,46)/t26-,27+,34-/m0/s1. The van der Waals surface area contributed by atoms with Crippen molar-refractivity contribution in [1.29, 1.82) is 0 Å². The van der Waals surface area contributed by atoms with Gasteiger partial charge in [0, 0.05) is 60.0 Å². The molecular formula is C34H35BrFN7O5. The first kappa shape index (κ1) is 33.5. The highest BCUT2D eigenvalue weighted by Gasteiger charge is 2.67. The first-order chi connectivity index (χ1) is 23.1. The Morgan fingerprint density at radius 3 is 2.62 bits per heavy atom. The summed E-state index contributed by atoms with van der Waals surface area (Å²) in [6, 6.07) is 5.90. The van der Waals surface area contributed by atoms with Gasteiger partial charge in [0.25, 0.3) is 0 Å². The van der Waals surface area contributed by atoms with Crippen LogP contribution in [0.3, 0.4) is 0 Å². The van der Waals surface area contributed by atoms with E-state index in [0.29, 0.717) is 69.9 Å². The van der Waals surface area contributed by atoms with Crippen molar-refractivity contribution in [2.24, 2.45) is 5.41 Å². The van der Waals surface area contributed by atoms with Gasteiger partial charge < -0.3 is 19.7 Å². The molecule has 0 bridgehead atoms. The summed E-state index contributed by atoms with van der Waals surface area (Å²) in [6.07, 6.45) is 5.98. The van der Waals surface area contributed by atoms with E-state index in [0.717, 1.165) is 0 Å². The predicted molar refractivity (Wildman–Crippen MR) is 179 cm³/mol. The van der Waals surface area contributed by atoms with Crippen molar-refractivity contribution in [2.75, 3.05) is 25.6 Å². The second-order valence-electron chi connectivity index (χ2n) is 12.2. The van der Waals surface area contributed by atoms with Gasteiger partial charge in [0.2, 0.25) is 11.8 Å². The highest BCUT2D eigenvalue weighted by atomic mass is 79.9. The third kappa shape index (κ3) is 6.39. The molecular weight excluding hydrogens is 685 g/mol. The lowest BCUT2D eigenvalue weighted by Gasteiger charge is -2.27. The van der Waals surface area contributed by atoms with Crippen molar-refractivity contribution in [3.8, 4) is 11.1 Å². The van der Waals surface area contributed by atoms with Crippen LogP contribution in [0.15, 0.2) is 53.9 Å². The minimum Gasteiger partial charge on any atom is -0.384 e. The SMILES string of the molecule is C=CCOCc1ccc(Br)nc1NC(=O)[C@@H]1C[C@@]2(COC)C[C@H]2N1C(=O)Cn1nc(C(C)=O)c2cc(-c3cnc(C)nc3)cc(CF)c21. The molecule has 1 saturated carbocycles. The molecule has 0 spiro atoms. The van der Waals surface area contributed by atoms with Crippen molar-refractivity contribution >= 4 is 50.2 Å². The molecule has 3 aromatic heterocycles. The summed E-state index contributed by atoms with van der Waals surface area (Å²) in [4.78, 5) is 55.4. The largest absolute Gasteiger partial charge is 0.384 e. The Labute approximate surface area is 284 Å². The maximum Gasteiger partial charge on any atom is 0.248 e. The van der Waals surface area contributed by atoms with Gasteiger partial charge in [0.1, 0.15) is 41.2 Å². The number of Topliss-reactive ketones (excluding diaryl/α,β-unsaturated/α-hetero) is 1. The zero-order chi connectivity index (χ0) is 34.2. The molecule has 14 heteroatoms. The molecule has 4 aromatic rings. The average Bonchev–Trinajstić information content (AvgIpc) is 3.46. The Bertz CT molecular complexity index is 1920. The number of nitrogens with one attached hydrogen (secondary N) is 1. The number of hydrogen-bond donors (Lipinski definition) is 1. The van der Waals surface area contributed by atoms with E-state index in [-0.39, 0.29) is 47.6 Å². The first-order valence-electron chi connectivity index (χ1n) is 15.4. The number of nitrogens with zero attached hydrogens (tertiary/aromatic N) is 6. The number of anilines is 1. The number of methoxy groups -OCH3 is 1. The summed E-state index contributed by atoms with van der Waals surface area (Å²) in [6.45, 7) is 6.55. The molecule has 12 nitrogen and oxygen atoms in total. The van der Waals surface area contributed by atoms with E-state index in [9.17, 15) is 18.8 Å². The monoisotopic (exact) mass is 719 g/mol. The number of aromatic nitrogens is 5.